The summed E-state index contributed by atoms with van der Waals surface area (Å²) in [6.07, 6.45) is 4.60. The van der Waals surface area contributed by atoms with Gasteiger partial charge in [0.15, 0.2) is 0 Å². The first-order valence-corrected chi connectivity index (χ1v) is 4.96. The van der Waals surface area contributed by atoms with E-state index in [4.69, 9.17) is 10.8 Å². The van der Waals surface area contributed by atoms with Crippen LogP contribution in [-0.2, 0) is 0 Å². The van der Waals surface area contributed by atoms with Gasteiger partial charge in [0.1, 0.15) is 0 Å². The summed E-state index contributed by atoms with van der Waals surface area (Å²) in [7, 11) is 0. The first-order chi connectivity index (χ1) is 7.79. The highest BCUT2D eigenvalue weighted by Gasteiger charge is 1.99. The van der Waals surface area contributed by atoms with Crippen LogP contribution in [0, 0.1) is 18.3 Å². The number of nitrogens with zero attached hydrogens (tertiary/aromatic N) is 4. The monoisotopic (exact) mass is 212 g/mol. The lowest BCUT2D eigenvalue weighted by Gasteiger charge is -2.01. The Kier molecular flexibility index (Phi) is 4.65. The zero-order valence-electron chi connectivity index (χ0n) is 9.09. The molecular weight excluding hydrogens is 200 g/mol. The molecule has 16 heavy (non-hydrogen) atoms. The van der Waals surface area contributed by atoms with Crippen LogP contribution >= 0.6 is 0 Å². The summed E-state index contributed by atoms with van der Waals surface area (Å²) in [5, 5.41) is 12.3. The van der Waals surface area contributed by atoms with Gasteiger partial charge in [-0.2, -0.15) is 5.26 Å². The third kappa shape index (κ3) is 3.16. The highest BCUT2D eigenvalue weighted by atomic mass is 15.1. The quantitative estimate of drug-likeness (QED) is 0.325. The van der Waals surface area contributed by atoms with Gasteiger partial charge in [0.2, 0.25) is 0 Å². The lowest BCUT2D eigenvalue weighted by Crippen LogP contribution is -1.86. The summed E-state index contributed by atoms with van der Waals surface area (Å²) in [5.41, 5.74) is 10.8. The fraction of sp³-hybridized carbons (Fsp3) is 0.250. The molecule has 1 rings (SSSR count). The number of hydrogen-bond donors (Lipinski definition) is 0. The standard InChI is InChI=1S/C12H12N4/c1-10-11(5-2-3-8-15-16-14)6-4-7-12(10)9-13/h2,4-7H,3,8H2,1H3. The van der Waals surface area contributed by atoms with Gasteiger partial charge in [-0.25, -0.2) is 0 Å². The minimum absolute atomic E-state index is 0.462. The molecule has 0 fully saturated rings. The van der Waals surface area contributed by atoms with E-state index in [0.29, 0.717) is 18.5 Å². The number of azide groups is 1. The number of nitriles is 1. The topological polar surface area (TPSA) is 72.5 Å². The van der Waals surface area contributed by atoms with E-state index in [1.807, 2.05) is 31.2 Å². The molecule has 0 N–H and O–H groups in total. The van der Waals surface area contributed by atoms with E-state index in [1.54, 1.807) is 6.07 Å². The number of rotatable bonds is 4. The third-order valence-corrected chi connectivity index (χ3v) is 2.25. The van der Waals surface area contributed by atoms with Crippen LogP contribution in [0.3, 0.4) is 0 Å². The van der Waals surface area contributed by atoms with Crippen molar-refractivity contribution in [2.24, 2.45) is 5.11 Å². The van der Waals surface area contributed by atoms with Gasteiger partial charge in [-0.05, 0) is 36.1 Å². The molecule has 0 saturated heterocycles. The molecule has 0 spiro atoms. The molecule has 0 saturated carbocycles. The highest BCUT2D eigenvalue weighted by molar-refractivity contribution is 5.57. The Hall–Kier alpha value is -2.24. The van der Waals surface area contributed by atoms with Crippen LogP contribution in [0.1, 0.15) is 23.1 Å². The molecule has 0 aliphatic rings. The van der Waals surface area contributed by atoms with E-state index in [2.05, 4.69) is 16.1 Å². The average molecular weight is 212 g/mol. The van der Waals surface area contributed by atoms with Crippen molar-refractivity contribution in [3.63, 3.8) is 0 Å². The lowest BCUT2D eigenvalue weighted by molar-refractivity contribution is 0.995. The van der Waals surface area contributed by atoms with Crippen LogP contribution in [0.2, 0.25) is 0 Å². The molecule has 80 valence electrons. The minimum Gasteiger partial charge on any atom is -0.192 e. The Morgan fingerprint density at radius 2 is 2.38 bits per heavy atom. The van der Waals surface area contributed by atoms with Crippen molar-refractivity contribution < 1.29 is 0 Å². The van der Waals surface area contributed by atoms with Crippen molar-refractivity contribution in [2.45, 2.75) is 13.3 Å². The molecule has 1 aromatic rings. The summed E-state index contributed by atoms with van der Waals surface area (Å²) in [6.45, 7) is 2.38. The molecule has 0 amide bonds. The van der Waals surface area contributed by atoms with Gasteiger partial charge in [-0.1, -0.05) is 29.4 Å². The zero-order chi connectivity index (χ0) is 11.8. The first kappa shape index (κ1) is 11.8. The van der Waals surface area contributed by atoms with Gasteiger partial charge < -0.3 is 0 Å². The first-order valence-electron chi connectivity index (χ1n) is 4.96. The van der Waals surface area contributed by atoms with Gasteiger partial charge in [-0.15, -0.1) is 0 Å². The molecule has 0 radical (unpaired) electrons. The van der Waals surface area contributed by atoms with Crippen molar-refractivity contribution in [3.8, 4) is 6.07 Å². The van der Waals surface area contributed by atoms with Crippen LogP contribution < -0.4 is 0 Å². The zero-order valence-corrected chi connectivity index (χ0v) is 9.09. The van der Waals surface area contributed by atoms with E-state index < -0.39 is 0 Å². The molecule has 0 bridgehead atoms. The fourth-order valence-corrected chi connectivity index (χ4v) is 1.34. The van der Waals surface area contributed by atoms with Crippen molar-refractivity contribution in [1.29, 1.82) is 5.26 Å². The minimum atomic E-state index is 0.462. The maximum Gasteiger partial charge on any atom is 0.0994 e. The van der Waals surface area contributed by atoms with Gasteiger partial charge >= 0.3 is 0 Å². The molecule has 1 aromatic carbocycles. The number of hydrogen-bond acceptors (Lipinski definition) is 2. The summed E-state index contributed by atoms with van der Waals surface area (Å²) in [6, 6.07) is 7.76. The lowest BCUT2D eigenvalue weighted by atomic mass is 10.0. The molecule has 4 heteroatoms. The maximum absolute atomic E-state index is 8.86. The summed E-state index contributed by atoms with van der Waals surface area (Å²) in [4.78, 5) is 2.67. The van der Waals surface area contributed by atoms with Gasteiger partial charge in [0, 0.05) is 11.5 Å². The second kappa shape index (κ2) is 6.28. The van der Waals surface area contributed by atoms with E-state index in [-0.39, 0.29) is 0 Å². The van der Waals surface area contributed by atoms with Crippen molar-refractivity contribution in [1.82, 2.24) is 0 Å². The molecule has 0 aliphatic heterocycles. The molecule has 0 aliphatic carbocycles. The molecule has 4 nitrogen and oxygen atoms in total. The molecular formula is C12H12N4. The summed E-state index contributed by atoms with van der Waals surface area (Å²) >= 11 is 0. The Labute approximate surface area is 94.5 Å². The number of benzene rings is 1. The van der Waals surface area contributed by atoms with E-state index >= 15 is 0 Å². The Balaban J connectivity index is 2.74. The Morgan fingerprint density at radius 3 is 3.06 bits per heavy atom. The highest BCUT2D eigenvalue weighted by Crippen LogP contribution is 2.14. The SMILES string of the molecule is Cc1c(C#N)cccc1C=CCCN=[N+]=[N-]. The smallest absolute Gasteiger partial charge is 0.0994 e. The summed E-state index contributed by atoms with van der Waals surface area (Å²) < 4.78 is 0. The van der Waals surface area contributed by atoms with Crippen molar-refractivity contribution in [3.05, 3.63) is 51.4 Å². The molecule has 0 unspecified atom stereocenters. The van der Waals surface area contributed by atoms with E-state index in [0.717, 1.165) is 11.1 Å². The van der Waals surface area contributed by atoms with Crippen molar-refractivity contribution in [2.75, 3.05) is 6.54 Å². The van der Waals surface area contributed by atoms with E-state index in [1.165, 1.54) is 0 Å². The normalized spacial score (nSPS) is 9.75. The van der Waals surface area contributed by atoms with Gasteiger partial charge in [-0.3, -0.25) is 0 Å². The second-order valence-corrected chi connectivity index (χ2v) is 3.28. The van der Waals surface area contributed by atoms with Crippen LogP contribution in [0.15, 0.2) is 29.4 Å². The summed E-state index contributed by atoms with van der Waals surface area (Å²) in [5.74, 6) is 0. The predicted molar refractivity (Wildman–Crippen MR) is 63.6 cm³/mol. The molecule has 0 aromatic heterocycles. The second-order valence-electron chi connectivity index (χ2n) is 3.28. The van der Waals surface area contributed by atoms with E-state index in [9.17, 15) is 0 Å². The Bertz CT molecular complexity index is 476. The maximum atomic E-state index is 8.86. The average Bonchev–Trinajstić information content (AvgIpc) is 2.31. The van der Waals surface area contributed by atoms with Crippen LogP contribution in [0.25, 0.3) is 16.5 Å². The van der Waals surface area contributed by atoms with Crippen LogP contribution in [0.4, 0.5) is 0 Å². The predicted octanol–water partition coefficient (Wildman–Crippen LogP) is 3.58. The largest absolute Gasteiger partial charge is 0.192 e. The molecule has 0 heterocycles. The Morgan fingerprint density at radius 1 is 1.56 bits per heavy atom. The van der Waals surface area contributed by atoms with Crippen LogP contribution in [0.5, 0.6) is 0 Å². The molecule has 0 atom stereocenters. The van der Waals surface area contributed by atoms with Gasteiger partial charge in [0.05, 0.1) is 11.6 Å². The van der Waals surface area contributed by atoms with Gasteiger partial charge in [0.25, 0.3) is 0 Å². The van der Waals surface area contributed by atoms with Crippen molar-refractivity contribution >= 4 is 6.08 Å². The van der Waals surface area contributed by atoms with Crippen LogP contribution in [-0.4, -0.2) is 6.54 Å². The fourth-order valence-electron chi connectivity index (χ4n) is 1.34. The third-order valence-electron chi connectivity index (χ3n) is 2.25.